The van der Waals surface area contributed by atoms with Gasteiger partial charge in [0.15, 0.2) is 0 Å². The van der Waals surface area contributed by atoms with Crippen molar-refractivity contribution in [2.24, 2.45) is 5.92 Å². The standard InChI is InChI=1S/C14H17NO4S/c1-9-7-12(5-3-11(9)4-6-14(16)17)20(18,19)15-13-8-10(13)2/h3-7,10,13,15H,8H2,1-2H3,(H,16,17). The molecule has 0 spiro atoms. The zero-order chi connectivity index (χ0) is 14.9. The Morgan fingerprint density at radius 1 is 1.45 bits per heavy atom. The summed E-state index contributed by atoms with van der Waals surface area (Å²) in [4.78, 5) is 10.7. The lowest BCUT2D eigenvalue weighted by atomic mass is 10.1. The number of carboxylic acids is 1. The fourth-order valence-corrected chi connectivity index (χ4v) is 3.36. The van der Waals surface area contributed by atoms with E-state index >= 15 is 0 Å². The maximum atomic E-state index is 12.1. The molecule has 1 aliphatic rings. The van der Waals surface area contributed by atoms with E-state index in [-0.39, 0.29) is 10.9 Å². The van der Waals surface area contributed by atoms with Crippen LogP contribution in [0.3, 0.4) is 0 Å². The number of nitrogens with one attached hydrogen (secondary N) is 1. The van der Waals surface area contributed by atoms with Crippen LogP contribution in [0, 0.1) is 12.8 Å². The average molecular weight is 295 g/mol. The largest absolute Gasteiger partial charge is 0.478 e. The summed E-state index contributed by atoms with van der Waals surface area (Å²) in [5.74, 6) is -0.644. The number of aliphatic carboxylic acids is 1. The Labute approximate surface area is 118 Å². The van der Waals surface area contributed by atoms with Crippen molar-refractivity contribution in [2.75, 3.05) is 0 Å². The van der Waals surface area contributed by atoms with Gasteiger partial charge in [0, 0.05) is 12.1 Å². The lowest BCUT2D eigenvalue weighted by Gasteiger charge is -2.08. The summed E-state index contributed by atoms with van der Waals surface area (Å²) in [5.41, 5.74) is 1.40. The first kappa shape index (κ1) is 14.7. The van der Waals surface area contributed by atoms with Gasteiger partial charge in [0.2, 0.25) is 10.0 Å². The third kappa shape index (κ3) is 3.46. The first-order valence-corrected chi connectivity index (χ1v) is 7.82. The number of benzene rings is 1. The molecule has 0 amide bonds. The van der Waals surface area contributed by atoms with E-state index in [1.165, 1.54) is 12.1 Å². The second kappa shape index (κ2) is 5.38. The van der Waals surface area contributed by atoms with Gasteiger partial charge in [-0.25, -0.2) is 17.9 Å². The van der Waals surface area contributed by atoms with Crippen molar-refractivity contribution in [3.8, 4) is 0 Å². The van der Waals surface area contributed by atoms with Gasteiger partial charge in [0.1, 0.15) is 0 Å². The fraction of sp³-hybridized carbons (Fsp3) is 0.357. The van der Waals surface area contributed by atoms with Crippen LogP contribution in [0.1, 0.15) is 24.5 Å². The zero-order valence-electron chi connectivity index (χ0n) is 11.3. The summed E-state index contributed by atoms with van der Waals surface area (Å²) in [5, 5.41) is 8.59. The topological polar surface area (TPSA) is 83.5 Å². The number of carboxylic acid groups (broad SMARTS) is 1. The highest BCUT2D eigenvalue weighted by Gasteiger charge is 2.36. The van der Waals surface area contributed by atoms with Gasteiger partial charge in [-0.3, -0.25) is 0 Å². The maximum absolute atomic E-state index is 12.1. The summed E-state index contributed by atoms with van der Waals surface area (Å²) in [7, 11) is -3.49. The second-order valence-electron chi connectivity index (χ2n) is 5.13. The Hall–Kier alpha value is -1.66. The molecule has 20 heavy (non-hydrogen) atoms. The minimum atomic E-state index is -3.49. The molecule has 0 aliphatic heterocycles. The lowest BCUT2D eigenvalue weighted by molar-refractivity contribution is -0.131. The highest BCUT2D eigenvalue weighted by atomic mass is 32.2. The van der Waals surface area contributed by atoms with Gasteiger partial charge in [0.25, 0.3) is 0 Å². The predicted molar refractivity (Wildman–Crippen MR) is 75.7 cm³/mol. The van der Waals surface area contributed by atoms with Crippen molar-refractivity contribution >= 4 is 22.1 Å². The van der Waals surface area contributed by atoms with Gasteiger partial charge < -0.3 is 5.11 Å². The van der Waals surface area contributed by atoms with Gasteiger partial charge in [0.05, 0.1) is 4.90 Å². The third-order valence-electron chi connectivity index (χ3n) is 3.37. The van der Waals surface area contributed by atoms with Crippen LogP contribution in [0.2, 0.25) is 0 Å². The second-order valence-corrected chi connectivity index (χ2v) is 6.84. The molecule has 1 saturated carbocycles. The normalized spacial score (nSPS) is 22.1. The number of hydrogen-bond donors (Lipinski definition) is 2. The third-order valence-corrected chi connectivity index (χ3v) is 4.86. The van der Waals surface area contributed by atoms with Crippen LogP contribution in [0.25, 0.3) is 6.08 Å². The molecule has 6 heteroatoms. The lowest BCUT2D eigenvalue weighted by Crippen LogP contribution is -2.26. The maximum Gasteiger partial charge on any atom is 0.328 e. The van der Waals surface area contributed by atoms with Crippen LogP contribution in [0.5, 0.6) is 0 Å². The number of hydrogen-bond acceptors (Lipinski definition) is 3. The van der Waals surface area contributed by atoms with E-state index in [0.717, 1.165) is 12.5 Å². The molecule has 2 unspecified atom stereocenters. The minimum Gasteiger partial charge on any atom is -0.478 e. The minimum absolute atomic E-state index is 0.0342. The monoisotopic (exact) mass is 295 g/mol. The van der Waals surface area contributed by atoms with Gasteiger partial charge in [-0.05, 0) is 48.6 Å². The first-order valence-electron chi connectivity index (χ1n) is 6.33. The van der Waals surface area contributed by atoms with Crippen LogP contribution in [-0.2, 0) is 14.8 Å². The summed E-state index contributed by atoms with van der Waals surface area (Å²) in [6.07, 6.45) is 3.35. The smallest absolute Gasteiger partial charge is 0.328 e. The molecule has 2 N–H and O–H groups in total. The predicted octanol–water partition coefficient (Wildman–Crippen LogP) is 1.78. The number of aryl methyl sites for hydroxylation is 1. The highest BCUT2D eigenvalue weighted by Crippen LogP contribution is 2.30. The molecule has 0 saturated heterocycles. The summed E-state index contributed by atoms with van der Waals surface area (Å²) < 4.78 is 26.9. The van der Waals surface area contributed by atoms with Crippen molar-refractivity contribution < 1.29 is 18.3 Å². The summed E-state index contributed by atoms with van der Waals surface area (Å²) in [6.45, 7) is 3.75. The van der Waals surface area contributed by atoms with Gasteiger partial charge in [-0.2, -0.15) is 0 Å². The van der Waals surface area contributed by atoms with E-state index in [1.54, 1.807) is 19.1 Å². The molecule has 0 aromatic heterocycles. The van der Waals surface area contributed by atoms with Crippen molar-refractivity contribution in [3.63, 3.8) is 0 Å². The number of rotatable bonds is 5. The van der Waals surface area contributed by atoms with E-state index in [4.69, 9.17) is 5.11 Å². The van der Waals surface area contributed by atoms with E-state index in [1.807, 2.05) is 6.92 Å². The molecule has 2 rings (SSSR count). The highest BCUT2D eigenvalue weighted by molar-refractivity contribution is 7.89. The van der Waals surface area contributed by atoms with Crippen LogP contribution in [-0.4, -0.2) is 25.5 Å². The summed E-state index contributed by atoms with van der Waals surface area (Å²) in [6, 6.07) is 4.69. The molecule has 2 atom stereocenters. The molecule has 0 radical (unpaired) electrons. The number of sulfonamides is 1. The zero-order valence-corrected chi connectivity index (χ0v) is 12.1. The Kier molecular flexibility index (Phi) is 3.96. The van der Waals surface area contributed by atoms with Crippen LogP contribution < -0.4 is 4.72 Å². The van der Waals surface area contributed by atoms with Gasteiger partial charge >= 0.3 is 5.97 Å². The molecular weight excluding hydrogens is 278 g/mol. The molecule has 0 heterocycles. The first-order chi connectivity index (χ1) is 9.29. The van der Waals surface area contributed by atoms with Crippen molar-refractivity contribution in [3.05, 3.63) is 35.4 Å². The average Bonchev–Trinajstić information content (AvgIpc) is 3.02. The van der Waals surface area contributed by atoms with Crippen molar-refractivity contribution in [1.82, 2.24) is 4.72 Å². The molecule has 1 aliphatic carbocycles. The Bertz CT molecular complexity index is 664. The van der Waals surface area contributed by atoms with E-state index in [0.29, 0.717) is 17.0 Å². The SMILES string of the molecule is Cc1cc(S(=O)(=O)NC2CC2C)ccc1C=CC(=O)O. The molecule has 1 fully saturated rings. The quantitative estimate of drug-likeness (QED) is 0.811. The van der Waals surface area contributed by atoms with Crippen molar-refractivity contribution in [2.45, 2.75) is 31.2 Å². The van der Waals surface area contributed by atoms with Gasteiger partial charge in [-0.15, -0.1) is 0 Å². The fourth-order valence-electron chi connectivity index (χ4n) is 1.92. The molecule has 1 aromatic carbocycles. The Morgan fingerprint density at radius 3 is 2.60 bits per heavy atom. The van der Waals surface area contributed by atoms with Crippen molar-refractivity contribution in [1.29, 1.82) is 0 Å². The van der Waals surface area contributed by atoms with E-state index in [2.05, 4.69) is 4.72 Å². The molecular formula is C14H17NO4S. The summed E-state index contributed by atoms with van der Waals surface area (Å²) >= 11 is 0. The Balaban J connectivity index is 2.22. The Morgan fingerprint density at radius 2 is 2.10 bits per heavy atom. The molecule has 108 valence electrons. The van der Waals surface area contributed by atoms with Crippen LogP contribution in [0.15, 0.2) is 29.2 Å². The molecule has 0 bridgehead atoms. The molecule has 1 aromatic rings. The van der Waals surface area contributed by atoms with Crippen LogP contribution >= 0.6 is 0 Å². The number of carbonyl (C=O) groups is 1. The van der Waals surface area contributed by atoms with Gasteiger partial charge in [-0.1, -0.05) is 13.0 Å². The van der Waals surface area contributed by atoms with Crippen LogP contribution in [0.4, 0.5) is 0 Å². The molecule has 5 nitrogen and oxygen atoms in total. The van der Waals surface area contributed by atoms with E-state index < -0.39 is 16.0 Å². The van der Waals surface area contributed by atoms with E-state index in [9.17, 15) is 13.2 Å².